The third-order valence-electron chi connectivity index (χ3n) is 3.18. The number of esters is 2. The van der Waals surface area contributed by atoms with Crippen LogP contribution in [0.2, 0.25) is 0 Å². The molecule has 0 unspecified atom stereocenters. The first-order valence-electron chi connectivity index (χ1n) is 8.01. The fraction of sp³-hybridized carbons (Fsp3) is 0.625. The summed E-state index contributed by atoms with van der Waals surface area (Å²) >= 11 is 0. The number of hydrogen-bond acceptors (Lipinski definition) is 6. The molecule has 1 heterocycles. The van der Waals surface area contributed by atoms with Gasteiger partial charge in [-0.25, -0.2) is 0 Å². The van der Waals surface area contributed by atoms with E-state index >= 15 is 0 Å². The zero-order chi connectivity index (χ0) is 17.9. The van der Waals surface area contributed by atoms with Gasteiger partial charge >= 0.3 is 11.9 Å². The lowest BCUT2D eigenvalue weighted by Crippen LogP contribution is -2.30. The summed E-state index contributed by atoms with van der Waals surface area (Å²) in [4.78, 5) is 34.3. The van der Waals surface area contributed by atoms with Gasteiger partial charge in [-0.1, -0.05) is 0 Å². The predicted molar refractivity (Wildman–Crippen MR) is 86.2 cm³/mol. The molecular weight excluding hydrogens is 314 g/mol. The maximum atomic E-state index is 11.6. The number of hydrogen-bond donors (Lipinski definition) is 1. The van der Waals surface area contributed by atoms with E-state index in [1.54, 1.807) is 11.6 Å². The van der Waals surface area contributed by atoms with E-state index in [4.69, 9.17) is 9.47 Å². The number of amides is 1. The molecule has 1 amide bonds. The van der Waals surface area contributed by atoms with Gasteiger partial charge in [0.05, 0.1) is 25.3 Å². The first kappa shape index (κ1) is 19.7. The Balaban J connectivity index is 2.12. The van der Waals surface area contributed by atoms with Gasteiger partial charge in [0.1, 0.15) is 0 Å². The lowest BCUT2D eigenvalue weighted by atomic mass is 10.3. The standard InChI is InChI=1S/C16H25N3O5/c1-4-23-15(21)6-5-8-17-14(20)11-24-16(22)7-9-19-13(3)10-12(2)18-19/h10H,4-9,11H2,1-3H3,(H,17,20). The third-order valence-corrected chi connectivity index (χ3v) is 3.18. The van der Waals surface area contributed by atoms with Crippen molar-refractivity contribution >= 4 is 17.8 Å². The Morgan fingerprint density at radius 2 is 1.88 bits per heavy atom. The molecule has 1 aromatic heterocycles. The molecule has 0 saturated heterocycles. The lowest BCUT2D eigenvalue weighted by Gasteiger charge is -2.07. The van der Waals surface area contributed by atoms with Crippen LogP contribution in [0.1, 0.15) is 37.6 Å². The number of nitrogens with zero attached hydrogens (tertiary/aromatic N) is 2. The Bertz CT molecular complexity index is 568. The number of ether oxygens (including phenoxy) is 2. The van der Waals surface area contributed by atoms with Gasteiger partial charge in [0.25, 0.3) is 5.91 Å². The summed E-state index contributed by atoms with van der Waals surface area (Å²) in [7, 11) is 0. The first-order chi connectivity index (χ1) is 11.4. The largest absolute Gasteiger partial charge is 0.466 e. The number of nitrogens with one attached hydrogen (secondary N) is 1. The molecule has 0 bridgehead atoms. The highest BCUT2D eigenvalue weighted by atomic mass is 16.5. The smallest absolute Gasteiger partial charge is 0.308 e. The molecule has 1 rings (SSSR count). The minimum atomic E-state index is -0.454. The van der Waals surface area contributed by atoms with Crippen molar-refractivity contribution in [3.63, 3.8) is 0 Å². The zero-order valence-electron chi connectivity index (χ0n) is 14.5. The molecule has 1 N–H and O–H groups in total. The monoisotopic (exact) mass is 339 g/mol. The zero-order valence-corrected chi connectivity index (χ0v) is 14.5. The van der Waals surface area contributed by atoms with E-state index in [-0.39, 0.29) is 25.4 Å². The molecule has 24 heavy (non-hydrogen) atoms. The van der Waals surface area contributed by atoms with Crippen molar-refractivity contribution in [2.45, 2.75) is 46.6 Å². The SMILES string of the molecule is CCOC(=O)CCCNC(=O)COC(=O)CCn1nc(C)cc1C. The van der Waals surface area contributed by atoms with E-state index in [0.717, 1.165) is 11.4 Å². The Kier molecular flexibility index (Phi) is 8.53. The Morgan fingerprint density at radius 1 is 1.17 bits per heavy atom. The predicted octanol–water partition coefficient (Wildman–Crippen LogP) is 0.893. The molecule has 1 aromatic rings. The van der Waals surface area contributed by atoms with E-state index in [1.165, 1.54) is 0 Å². The Hall–Kier alpha value is -2.38. The highest BCUT2D eigenvalue weighted by Crippen LogP contribution is 2.03. The van der Waals surface area contributed by atoms with Gasteiger partial charge in [0, 0.05) is 18.7 Å². The summed E-state index contributed by atoms with van der Waals surface area (Å²) in [5, 5.41) is 6.83. The van der Waals surface area contributed by atoms with E-state index < -0.39 is 11.9 Å². The van der Waals surface area contributed by atoms with Gasteiger partial charge in [0.15, 0.2) is 6.61 Å². The van der Waals surface area contributed by atoms with Crippen LogP contribution in [0.5, 0.6) is 0 Å². The summed E-state index contributed by atoms with van der Waals surface area (Å²) < 4.78 is 11.4. The fourth-order valence-corrected chi connectivity index (χ4v) is 2.06. The van der Waals surface area contributed by atoms with Crippen molar-refractivity contribution < 1.29 is 23.9 Å². The van der Waals surface area contributed by atoms with E-state index in [2.05, 4.69) is 10.4 Å². The van der Waals surface area contributed by atoms with Crippen molar-refractivity contribution in [2.24, 2.45) is 0 Å². The maximum Gasteiger partial charge on any atom is 0.308 e. The molecule has 134 valence electrons. The van der Waals surface area contributed by atoms with Crippen LogP contribution in [0, 0.1) is 13.8 Å². The molecule has 0 aliphatic rings. The molecule has 0 aromatic carbocycles. The number of carbonyl (C=O) groups excluding carboxylic acids is 3. The average molecular weight is 339 g/mol. The molecule has 0 atom stereocenters. The van der Waals surface area contributed by atoms with Crippen LogP contribution >= 0.6 is 0 Å². The van der Waals surface area contributed by atoms with Crippen LogP contribution in [0.15, 0.2) is 6.07 Å². The highest BCUT2D eigenvalue weighted by molar-refractivity contribution is 5.80. The molecule has 0 aliphatic heterocycles. The van der Waals surface area contributed by atoms with Crippen LogP contribution in [0.4, 0.5) is 0 Å². The Morgan fingerprint density at radius 3 is 2.50 bits per heavy atom. The molecule has 8 nitrogen and oxygen atoms in total. The maximum absolute atomic E-state index is 11.6. The normalized spacial score (nSPS) is 10.3. The van der Waals surface area contributed by atoms with Crippen molar-refractivity contribution in [1.82, 2.24) is 15.1 Å². The van der Waals surface area contributed by atoms with Gasteiger partial charge < -0.3 is 14.8 Å². The molecule has 0 fully saturated rings. The van der Waals surface area contributed by atoms with Crippen molar-refractivity contribution in [3.05, 3.63) is 17.5 Å². The third kappa shape index (κ3) is 7.75. The van der Waals surface area contributed by atoms with Crippen molar-refractivity contribution in [3.8, 4) is 0 Å². The summed E-state index contributed by atoms with van der Waals surface area (Å²) in [5.74, 6) is -1.13. The van der Waals surface area contributed by atoms with Crippen molar-refractivity contribution in [2.75, 3.05) is 19.8 Å². The van der Waals surface area contributed by atoms with Crippen LogP contribution in [0.3, 0.4) is 0 Å². The number of aromatic nitrogens is 2. The van der Waals surface area contributed by atoms with Gasteiger partial charge in [0.2, 0.25) is 0 Å². The van der Waals surface area contributed by atoms with Crippen LogP contribution in [-0.2, 0) is 30.4 Å². The van der Waals surface area contributed by atoms with Gasteiger partial charge in [-0.3, -0.25) is 19.1 Å². The summed E-state index contributed by atoms with van der Waals surface area (Å²) in [6, 6.07) is 1.93. The van der Waals surface area contributed by atoms with Crippen LogP contribution in [0.25, 0.3) is 0 Å². The topological polar surface area (TPSA) is 99.5 Å². The highest BCUT2D eigenvalue weighted by Gasteiger charge is 2.09. The van der Waals surface area contributed by atoms with Gasteiger partial charge in [-0.15, -0.1) is 0 Å². The second-order valence-corrected chi connectivity index (χ2v) is 5.32. The van der Waals surface area contributed by atoms with Gasteiger partial charge in [-0.2, -0.15) is 5.10 Å². The molecule has 0 aliphatic carbocycles. The van der Waals surface area contributed by atoms with Crippen LogP contribution in [-0.4, -0.2) is 47.4 Å². The Labute approximate surface area is 141 Å². The van der Waals surface area contributed by atoms with Gasteiger partial charge in [-0.05, 0) is 33.3 Å². The minimum Gasteiger partial charge on any atom is -0.466 e. The minimum absolute atomic E-state index is 0.151. The summed E-state index contributed by atoms with van der Waals surface area (Å²) in [6.07, 6.45) is 0.880. The van der Waals surface area contributed by atoms with E-state index in [9.17, 15) is 14.4 Å². The van der Waals surface area contributed by atoms with E-state index in [1.807, 2.05) is 19.9 Å². The molecule has 0 spiro atoms. The van der Waals surface area contributed by atoms with Crippen LogP contribution < -0.4 is 5.32 Å². The second-order valence-electron chi connectivity index (χ2n) is 5.32. The molecule has 0 radical (unpaired) electrons. The first-order valence-corrected chi connectivity index (χ1v) is 8.01. The number of aryl methyl sites for hydroxylation is 3. The quantitative estimate of drug-likeness (QED) is 0.502. The number of rotatable bonds is 10. The van der Waals surface area contributed by atoms with Crippen molar-refractivity contribution in [1.29, 1.82) is 0 Å². The second kappa shape index (κ2) is 10.4. The lowest BCUT2D eigenvalue weighted by molar-refractivity contribution is -0.148. The fourth-order valence-electron chi connectivity index (χ4n) is 2.06. The molecular formula is C16H25N3O5. The average Bonchev–Trinajstić information content (AvgIpc) is 2.85. The van der Waals surface area contributed by atoms with E-state index in [0.29, 0.717) is 26.1 Å². The molecule has 8 heteroatoms. The summed E-state index contributed by atoms with van der Waals surface area (Å²) in [5.41, 5.74) is 1.86. The molecule has 0 saturated carbocycles. The number of carbonyl (C=O) groups is 3. The summed E-state index contributed by atoms with van der Waals surface area (Å²) in [6.45, 7) is 6.31.